The van der Waals surface area contributed by atoms with Gasteiger partial charge in [0, 0.05) is 12.5 Å². The van der Waals surface area contributed by atoms with Crippen molar-refractivity contribution in [3.05, 3.63) is 59.7 Å². The maximum atomic E-state index is 12.4. The molecule has 0 aliphatic heterocycles. The van der Waals surface area contributed by atoms with Gasteiger partial charge in [-0.3, -0.25) is 9.59 Å². The van der Waals surface area contributed by atoms with Crippen molar-refractivity contribution in [3.63, 3.8) is 0 Å². The molecule has 8 heteroatoms. The summed E-state index contributed by atoms with van der Waals surface area (Å²) in [6.07, 6.45) is -1.17. The molecule has 0 saturated heterocycles. The molecule has 8 nitrogen and oxygen atoms in total. The predicted molar refractivity (Wildman–Crippen MR) is 118 cm³/mol. The standard InChI is InChI=1S/C24H28N2O6/c1-24(2,31)11-12-25-22(29)20(13-21(27)28)26-23(30)32-14-19-17-9-5-3-7-15(17)16-8-4-6-10-18(16)19/h3-10,19-20,31H,11-14H2,1-2H3,(H,25,29)(H,26,30)(H,27,28). The van der Waals surface area contributed by atoms with E-state index < -0.39 is 36.0 Å². The van der Waals surface area contributed by atoms with Gasteiger partial charge in [0.05, 0.1) is 12.0 Å². The molecule has 4 N–H and O–H groups in total. The van der Waals surface area contributed by atoms with Crippen LogP contribution in [0.2, 0.25) is 0 Å². The number of hydrogen-bond acceptors (Lipinski definition) is 5. The summed E-state index contributed by atoms with van der Waals surface area (Å²) in [6, 6.07) is 14.5. The molecule has 2 aromatic rings. The number of aliphatic hydroxyl groups is 1. The van der Waals surface area contributed by atoms with Crippen molar-refractivity contribution in [1.29, 1.82) is 0 Å². The molecule has 0 spiro atoms. The molecule has 1 aliphatic rings. The van der Waals surface area contributed by atoms with Gasteiger partial charge in [-0.05, 0) is 42.5 Å². The number of carbonyl (C=O) groups is 3. The molecule has 2 amide bonds. The van der Waals surface area contributed by atoms with Crippen molar-refractivity contribution in [2.75, 3.05) is 13.2 Å². The summed E-state index contributed by atoms with van der Waals surface area (Å²) in [7, 11) is 0. The lowest BCUT2D eigenvalue weighted by atomic mass is 9.98. The van der Waals surface area contributed by atoms with E-state index in [-0.39, 0.29) is 25.5 Å². The molecule has 3 rings (SSSR count). The lowest BCUT2D eigenvalue weighted by Gasteiger charge is -2.20. The van der Waals surface area contributed by atoms with Crippen LogP contribution < -0.4 is 10.6 Å². The van der Waals surface area contributed by atoms with Gasteiger partial charge in [-0.1, -0.05) is 48.5 Å². The van der Waals surface area contributed by atoms with Crippen molar-refractivity contribution in [3.8, 4) is 11.1 Å². The summed E-state index contributed by atoms with van der Waals surface area (Å²) >= 11 is 0. The number of nitrogens with one attached hydrogen (secondary N) is 2. The molecule has 2 aromatic carbocycles. The lowest BCUT2D eigenvalue weighted by molar-refractivity contribution is -0.139. The van der Waals surface area contributed by atoms with Crippen LogP contribution in [0.5, 0.6) is 0 Å². The van der Waals surface area contributed by atoms with Crippen LogP contribution in [0.1, 0.15) is 43.7 Å². The van der Waals surface area contributed by atoms with E-state index in [9.17, 15) is 19.5 Å². The number of rotatable bonds is 9. The van der Waals surface area contributed by atoms with E-state index in [0.29, 0.717) is 0 Å². The van der Waals surface area contributed by atoms with E-state index in [1.54, 1.807) is 13.8 Å². The minimum atomic E-state index is -1.29. The van der Waals surface area contributed by atoms with Gasteiger partial charge in [-0.25, -0.2) is 4.79 Å². The molecule has 0 radical (unpaired) electrons. The number of aliphatic carboxylic acids is 1. The molecular formula is C24H28N2O6. The first-order valence-electron chi connectivity index (χ1n) is 10.5. The number of alkyl carbamates (subject to hydrolysis) is 1. The van der Waals surface area contributed by atoms with E-state index in [0.717, 1.165) is 22.3 Å². The summed E-state index contributed by atoms with van der Waals surface area (Å²) in [6.45, 7) is 3.40. The molecule has 0 fully saturated rings. The fraction of sp³-hybridized carbons (Fsp3) is 0.375. The first-order valence-corrected chi connectivity index (χ1v) is 10.5. The summed E-state index contributed by atoms with van der Waals surface area (Å²) in [5.74, 6) is -2.02. The average molecular weight is 440 g/mol. The summed E-state index contributed by atoms with van der Waals surface area (Å²) in [4.78, 5) is 35.9. The third-order valence-corrected chi connectivity index (χ3v) is 5.37. The molecule has 0 bridgehead atoms. The minimum Gasteiger partial charge on any atom is -0.481 e. The summed E-state index contributed by atoms with van der Waals surface area (Å²) < 4.78 is 5.40. The van der Waals surface area contributed by atoms with Crippen molar-refractivity contribution in [1.82, 2.24) is 10.6 Å². The Morgan fingerprint density at radius 3 is 2.12 bits per heavy atom. The van der Waals surface area contributed by atoms with Crippen LogP contribution in [0, 0.1) is 0 Å². The lowest BCUT2D eigenvalue weighted by Crippen LogP contribution is -2.48. The minimum absolute atomic E-state index is 0.0555. The van der Waals surface area contributed by atoms with Gasteiger partial charge in [0.15, 0.2) is 0 Å². The van der Waals surface area contributed by atoms with Crippen LogP contribution in [0.4, 0.5) is 4.79 Å². The second-order valence-electron chi connectivity index (χ2n) is 8.47. The van der Waals surface area contributed by atoms with Crippen molar-refractivity contribution >= 4 is 18.0 Å². The monoisotopic (exact) mass is 440 g/mol. The Morgan fingerprint density at radius 1 is 1.03 bits per heavy atom. The Balaban J connectivity index is 1.62. The fourth-order valence-corrected chi connectivity index (χ4v) is 3.78. The summed E-state index contributed by atoms with van der Waals surface area (Å²) in [5.41, 5.74) is 3.30. The first-order chi connectivity index (χ1) is 15.2. The van der Waals surface area contributed by atoms with Crippen LogP contribution in [0.25, 0.3) is 11.1 Å². The fourth-order valence-electron chi connectivity index (χ4n) is 3.78. The Kier molecular flexibility index (Phi) is 7.15. The third kappa shape index (κ3) is 5.85. The highest BCUT2D eigenvalue weighted by Crippen LogP contribution is 2.44. The van der Waals surface area contributed by atoms with Crippen LogP contribution >= 0.6 is 0 Å². The number of carboxylic acid groups (broad SMARTS) is 1. The van der Waals surface area contributed by atoms with Gasteiger partial charge in [0.25, 0.3) is 0 Å². The van der Waals surface area contributed by atoms with E-state index >= 15 is 0 Å². The van der Waals surface area contributed by atoms with Gasteiger partial charge in [0.2, 0.25) is 5.91 Å². The Labute approximate surface area is 186 Å². The molecule has 170 valence electrons. The predicted octanol–water partition coefficient (Wildman–Crippen LogP) is 2.65. The second kappa shape index (κ2) is 9.82. The number of hydrogen-bond donors (Lipinski definition) is 4. The normalized spacial score (nSPS) is 13.6. The van der Waals surface area contributed by atoms with Crippen LogP contribution in [0.3, 0.4) is 0 Å². The van der Waals surface area contributed by atoms with Crippen molar-refractivity contribution in [2.45, 2.75) is 44.2 Å². The molecule has 1 aliphatic carbocycles. The SMILES string of the molecule is CC(C)(O)CCNC(=O)C(CC(=O)O)NC(=O)OCC1c2ccccc2-c2ccccc21. The maximum absolute atomic E-state index is 12.4. The molecule has 0 saturated carbocycles. The first kappa shape index (κ1) is 23.3. The van der Waals surface area contributed by atoms with Gasteiger partial charge >= 0.3 is 12.1 Å². The van der Waals surface area contributed by atoms with Crippen LogP contribution in [-0.2, 0) is 14.3 Å². The highest BCUT2D eigenvalue weighted by Gasteiger charge is 2.30. The van der Waals surface area contributed by atoms with E-state index in [1.165, 1.54) is 0 Å². The quantitative estimate of drug-likeness (QED) is 0.475. The molecule has 1 unspecified atom stereocenters. The van der Waals surface area contributed by atoms with E-state index in [1.807, 2.05) is 48.5 Å². The van der Waals surface area contributed by atoms with E-state index in [4.69, 9.17) is 9.84 Å². The Hall–Kier alpha value is -3.39. The number of benzene rings is 2. The summed E-state index contributed by atoms with van der Waals surface area (Å²) in [5, 5.41) is 23.7. The molecular weight excluding hydrogens is 412 g/mol. The van der Waals surface area contributed by atoms with Crippen LogP contribution in [-0.4, -0.2) is 53.0 Å². The van der Waals surface area contributed by atoms with Crippen molar-refractivity contribution in [2.24, 2.45) is 0 Å². The number of carbonyl (C=O) groups excluding carboxylic acids is 2. The molecule has 0 heterocycles. The zero-order valence-corrected chi connectivity index (χ0v) is 18.1. The van der Waals surface area contributed by atoms with Gasteiger partial charge in [-0.2, -0.15) is 0 Å². The Bertz CT molecular complexity index is 952. The Morgan fingerprint density at radius 2 is 1.59 bits per heavy atom. The largest absolute Gasteiger partial charge is 0.481 e. The third-order valence-electron chi connectivity index (χ3n) is 5.37. The van der Waals surface area contributed by atoms with Crippen molar-refractivity contribution < 1.29 is 29.3 Å². The molecule has 0 aromatic heterocycles. The number of ether oxygens (including phenoxy) is 1. The van der Waals surface area contributed by atoms with Gasteiger partial charge in [0.1, 0.15) is 12.6 Å². The van der Waals surface area contributed by atoms with Gasteiger partial charge < -0.3 is 25.6 Å². The maximum Gasteiger partial charge on any atom is 0.407 e. The smallest absolute Gasteiger partial charge is 0.407 e. The second-order valence-corrected chi connectivity index (χ2v) is 8.47. The highest BCUT2D eigenvalue weighted by atomic mass is 16.5. The van der Waals surface area contributed by atoms with Gasteiger partial charge in [-0.15, -0.1) is 0 Å². The number of fused-ring (bicyclic) bond motifs is 3. The number of amides is 2. The molecule has 32 heavy (non-hydrogen) atoms. The average Bonchev–Trinajstić information content (AvgIpc) is 3.04. The van der Waals surface area contributed by atoms with Crippen LogP contribution in [0.15, 0.2) is 48.5 Å². The zero-order chi connectivity index (χ0) is 23.3. The number of carboxylic acids is 1. The zero-order valence-electron chi connectivity index (χ0n) is 18.1. The van der Waals surface area contributed by atoms with E-state index in [2.05, 4.69) is 10.6 Å². The molecule has 1 atom stereocenters. The topological polar surface area (TPSA) is 125 Å². The highest BCUT2D eigenvalue weighted by molar-refractivity contribution is 5.89.